The summed E-state index contributed by atoms with van der Waals surface area (Å²) in [6.07, 6.45) is 3.76. The number of aromatic nitrogens is 1. The minimum Gasteiger partial charge on any atom is -0.364 e. The van der Waals surface area contributed by atoms with Gasteiger partial charge in [0.25, 0.3) is 0 Å². The third-order valence-electron chi connectivity index (χ3n) is 2.91. The predicted octanol–water partition coefficient (Wildman–Crippen LogP) is 3.15. The number of anilines is 1. The molecule has 1 heterocycles. The van der Waals surface area contributed by atoms with Gasteiger partial charge >= 0.3 is 5.69 Å². The van der Waals surface area contributed by atoms with Crippen LogP contribution in [0.15, 0.2) is 12.3 Å². The highest BCUT2D eigenvalue weighted by Gasteiger charge is 2.15. The molecule has 0 bridgehead atoms. The predicted molar refractivity (Wildman–Crippen MR) is 68.2 cm³/mol. The van der Waals surface area contributed by atoms with E-state index in [0.717, 1.165) is 24.9 Å². The lowest BCUT2D eigenvalue weighted by atomic mass is 10.0. The summed E-state index contributed by atoms with van der Waals surface area (Å²) >= 11 is 0. The minimum atomic E-state index is -0.394. The molecule has 94 valence electrons. The molecule has 0 aliphatic heterocycles. The van der Waals surface area contributed by atoms with Gasteiger partial charge in [0.05, 0.1) is 4.92 Å². The lowest BCUT2D eigenvalue weighted by Crippen LogP contribution is -2.14. The zero-order chi connectivity index (χ0) is 12.8. The Kier molecular flexibility index (Phi) is 4.87. The Labute approximate surface area is 101 Å². The van der Waals surface area contributed by atoms with Crippen LogP contribution in [0.25, 0.3) is 0 Å². The van der Waals surface area contributed by atoms with E-state index in [4.69, 9.17) is 0 Å². The van der Waals surface area contributed by atoms with Gasteiger partial charge in [0.15, 0.2) is 0 Å². The molecule has 0 atom stereocenters. The van der Waals surface area contributed by atoms with Crippen LogP contribution in [-0.4, -0.2) is 16.5 Å². The van der Waals surface area contributed by atoms with Crippen molar-refractivity contribution in [3.05, 3.63) is 27.9 Å². The molecule has 1 rings (SSSR count). The van der Waals surface area contributed by atoms with E-state index in [0.29, 0.717) is 11.7 Å². The van der Waals surface area contributed by atoms with Gasteiger partial charge in [-0.2, -0.15) is 0 Å². The van der Waals surface area contributed by atoms with Crippen molar-refractivity contribution in [1.29, 1.82) is 0 Å². The highest BCUT2D eigenvalue weighted by molar-refractivity contribution is 5.56. The Balaban J connectivity index is 2.80. The second-order valence-corrected chi connectivity index (χ2v) is 4.20. The number of pyridine rings is 1. The van der Waals surface area contributed by atoms with Gasteiger partial charge in [0, 0.05) is 18.8 Å². The number of hydrogen-bond acceptors (Lipinski definition) is 4. The second kappa shape index (κ2) is 6.18. The zero-order valence-corrected chi connectivity index (χ0v) is 10.6. The van der Waals surface area contributed by atoms with Crippen molar-refractivity contribution in [3.63, 3.8) is 0 Å². The molecular formula is C12H19N3O2. The summed E-state index contributed by atoms with van der Waals surface area (Å²) in [5.74, 6) is 0.894. The van der Waals surface area contributed by atoms with Gasteiger partial charge in [-0.1, -0.05) is 26.7 Å². The molecule has 0 radical (unpaired) electrons. The fourth-order valence-corrected chi connectivity index (χ4v) is 1.65. The Bertz CT molecular complexity index is 389. The first-order valence-corrected chi connectivity index (χ1v) is 5.93. The first kappa shape index (κ1) is 13.4. The zero-order valence-electron chi connectivity index (χ0n) is 10.6. The van der Waals surface area contributed by atoms with Gasteiger partial charge in [0.1, 0.15) is 0 Å². The normalized spacial score (nSPS) is 10.6. The van der Waals surface area contributed by atoms with E-state index in [1.807, 2.05) is 0 Å². The molecule has 1 N–H and O–H groups in total. The second-order valence-electron chi connectivity index (χ2n) is 4.20. The molecule has 0 saturated carbocycles. The van der Waals surface area contributed by atoms with Crippen LogP contribution in [0.4, 0.5) is 11.5 Å². The van der Waals surface area contributed by atoms with E-state index in [-0.39, 0.29) is 5.69 Å². The fraction of sp³-hybridized carbons (Fsp3) is 0.583. The number of aryl methyl sites for hydroxylation is 1. The third kappa shape index (κ3) is 3.69. The maximum absolute atomic E-state index is 10.9. The average Bonchev–Trinajstić information content (AvgIpc) is 2.31. The summed E-state index contributed by atoms with van der Waals surface area (Å²) in [7, 11) is 0. The molecule has 0 fully saturated rings. The Morgan fingerprint density at radius 3 is 2.65 bits per heavy atom. The Morgan fingerprint density at radius 1 is 1.47 bits per heavy atom. The monoisotopic (exact) mass is 237 g/mol. The van der Waals surface area contributed by atoms with Crippen molar-refractivity contribution in [2.24, 2.45) is 5.92 Å². The quantitative estimate of drug-likeness (QED) is 0.609. The molecule has 1 aromatic heterocycles. The first-order valence-electron chi connectivity index (χ1n) is 5.93. The van der Waals surface area contributed by atoms with Crippen molar-refractivity contribution in [1.82, 2.24) is 4.98 Å². The molecule has 17 heavy (non-hydrogen) atoms. The molecule has 1 aromatic rings. The van der Waals surface area contributed by atoms with Crippen LogP contribution in [0.1, 0.15) is 32.3 Å². The van der Waals surface area contributed by atoms with Crippen molar-refractivity contribution in [2.75, 3.05) is 11.9 Å². The summed E-state index contributed by atoms with van der Waals surface area (Å²) in [5.41, 5.74) is 0.848. The van der Waals surface area contributed by atoms with E-state index < -0.39 is 4.92 Å². The standard InChI is InChI=1S/C12H19N3O2/c1-4-10(5-2)8-14-12-11(15(16)17)6-9(3)7-13-12/h6-7,10H,4-5,8H2,1-3H3,(H,13,14). The lowest BCUT2D eigenvalue weighted by Gasteiger charge is -2.13. The fourth-order valence-electron chi connectivity index (χ4n) is 1.65. The van der Waals surface area contributed by atoms with Crippen molar-refractivity contribution >= 4 is 11.5 Å². The average molecular weight is 237 g/mol. The van der Waals surface area contributed by atoms with Gasteiger partial charge < -0.3 is 5.32 Å². The van der Waals surface area contributed by atoms with Crippen LogP contribution in [0.3, 0.4) is 0 Å². The maximum Gasteiger partial charge on any atom is 0.311 e. The molecule has 0 unspecified atom stereocenters. The lowest BCUT2D eigenvalue weighted by molar-refractivity contribution is -0.384. The van der Waals surface area contributed by atoms with Gasteiger partial charge in [0.2, 0.25) is 5.82 Å². The Hall–Kier alpha value is -1.65. The minimum absolute atomic E-state index is 0.0518. The van der Waals surface area contributed by atoms with Crippen molar-refractivity contribution in [3.8, 4) is 0 Å². The topological polar surface area (TPSA) is 68.1 Å². The van der Waals surface area contributed by atoms with Crippen molar-refractivity contribution in [2.45, 2.75) is 33.6 Å². The molecule has 0 spiro atoms. The van der Waals surface area contributed by atoms with E-state index >= 15 is 0 Å². The molecule has 0 aromatic carbocycles. The molecule has 0 amide bonds. The smallest absolute Gasteiger partial charge is 0.311 e. The summed E-state index contributed by atoms with van der Waals surface area (Å²) < 4.78 is 0. The van der Waals surface area contributed by atoms with E-state index in [2.05, 4.69) is 24.1 Å². The summed E-state index contributed by atoms with van der Waals surface area (Å²) in [4.78, 5) is 14.6. The number of nitrogens with one attached hydrogen (secondary N) is 1. The third-order valence-corrected chi connectivity index (χ3v) is 2.91. The molecule has 5 heteroatoms. The maximum atomic E-state index is 10.9. The van der Waals surface area contributed by atoms with E-state index in [1.54, 1.807) is 19.2 Å². The number of hydrogen-bond donors (Lipinski definition) is 1. The van der Waals surface area contributed by atoms with Crippen LogP contribution < -0.4 is 5.32 Å². The van der Waals surface area contributed by atoms with Crippen LogP contribution >= 0.6 is 0 Å². The van der Waals surface area contributed by atoms with E-state index in [1.165, 1.54) is 0 Å². The van der Waals surface area contributed by atoms with Gasteiger partial charge in [-0.15, -0.1) is 0 Å². The van der Waals surface area contributed by atoms with E-state index in [9.17, 15) is 10.1 Å². The number of nitrogens with zero attached hydrogens (tertiary/aromatic N) is 2. The summed E-state index contributed by atoms with van der Waals surface area (Å²) in [6, 6.07) is 1.54. The Morgan fingerprint density at radius 2 is 2.12 bits per heavy atom. The van der Waals surface area contributed by atoms with Gasteiger partial charge in [-0.3, -0.25) is 10.1 Å². The molecule has 0 aliphatic carbocycles. The van der Waals surface area contributed by atoms with Crippen LogP contribution in [0.5, 0.6) is 0 Å². The molecule has 0 aliphatic rings. The highest BCUT2D eigenvalue weighted by Crippen LogP contribution is 2.23. The summed E-state index contributed by atoms with van der Waals surface area (Å²) in [6.45, 7) is 6.76. The summed E-state index contributed by atoms with van der Waals surface area (Å²) in [5, 5.41) is 14.0. The highest BCUT2D eigenvalue weighted by atomic mass is 16.6. The SMILES string of the molecule is CCC(CC)CNc1ncc(C)cc1[N+](=O)[O-]. The van der Waals surface area contributed by atoms with Crippen LogP contribution in [0.2, 0.25) is 0 Å². The molecule has 0 saturated heterocycles. The van der Waals surface area contributed by atoms with Gasteiger partial charge in [-0.25, -0.2) is 4.98 Å². The van der Waals surface area contributed by atoms with Crippen molar-refractivity contribution < 1.29 is 4.92 Å². The first-order chi connectivity index (χ1) is 8.08. The largest absolute Gasteiger partial charge is 0.364 e. The molecule has 5 nitrogen and oxygen atoms in total. The number of rotatable bonds is 6. The van der Waals surface area contributed by atoms with Crippen LogP contribution in [-0.2, 0) is 0 Å². The van der Waals surface area contributed by atoms with Crippen LogP contribution in [0, 0.1) is 23.0 Å². The number of nitro groups is 1. The molecular weight excluding hydrogens is 218 g/mol. The van der Waals surface area contributed by atoms with Gasteiger partial charge in [-0.05, 0) is 18.4 Å².